The molecule has 0 aliphatic carbocycles. The molecule has 3 heterocycles. The smallest absolute Gasteiger partial charge is 0.223 e. The zero-order valence-corrected chi connectivity index (χ0v) is 18.8. The number of carbonyl (C=O) groups is 1. The number of halogens is 1. The molecule has 1 amide bonds. The Hall–Kier alpha value is -3.01. The van der Waals surface area contributed by atoms with Crippen LogP contribution in [0.1, 0.15) is 23.2 Å². The molecule has 2 N–H and O–H groups in total. The molecule has 6 nitrogen and oxygen atoms in total. The second kappa shape index (κ2) is 10.3. The zero-order chi connectivity index (χ0) is 22.4. The number of benzene rings is 1. The Morgan fingerprint density at radius 1 is 1.32 bits per heavy atom. The number of H-pyrrole nitrogens is 2. The molecule has 0 bridgehead atoms. The van der Waals surface area contributed by atoms with Crippen molar-refractivity contribution in [1.82, 2.24) is 25.0 Å². The number of carbonyl (C=O) groups excluding carboxylic acids is 1. The van der Waals surface area contributed by atoms with E-state index in [0.717, 1.165) is 54.0 Å². The van der Waals surface area contributed by atoms with Gasteiger partial charge in [0.2, 0.25) is 5.91 Å². The van der Waals surface area contributed by atoms with Crippen LogP contribution in [-0.4, -0.2) is 63.5 Å². The Balaban J connectivity index is 0.000000628. The Morgan fingerprint density at radius 2 is 2.10 bits per heavy atom. The molecule has 1 aliphatic rings. The maximum atomic E-state index is 11.8. The largest absolute Gasteiger partial charge is 0.353 e. The Labute approximate surface area is 188 Å². The normalized spacial score (nSPS) is 14.6. The van der Waals surface area contributed by atoms with E-state index in [0.29, 0.717) is 18.0 Å². The van der Waals surface area contributed by atoms with Gasteiger partial charge in [-0.3, -0.25) is 14.8 Å². The van der Waals surface area contributed by atoms with E-state index in [1.807, 2.05) is 18.9 Å². The van der Waals surface area contributed by atoms with E-state index in [2.05, 4.69) is 56.8 Å². The summed E-state index contributed by atoms with van der Waals surface area (Å²) in [6.07, 6.45) is 7.72. The highest BCUT2D eigenvalue weighted by atomic mass is 35.5. The number of hydrogen-bond donors (Lipinski definition) is 2. The van der Waals surface area contributed by atoms with E-state index in [-0.39, 0.29) is 5.91 Å². The van der Waals surface area contributed by atoms with Gasteiger partial charge >= 0.3 is 0 Å². The van der Waals surface area contributed by atoms with Crippen LogP contribution in [-0.2, 0) is 11.3 Å². The Bertz CT molecular complexity index is 1110. The predicted molar refractivity (Wildman–Crippen MR) is 127 cm³/mol. The van der Waals surface area contributed by atoms with E-state index in [1.54, 1.807) is 6.08 Å². The first-order chi connectivity index (χ1) is 15.0. The second-order valence-electron chi connectivity index (χ2n) is 7.61. The average molecular weight is 438 g/mol. The molecule has 31 heavy (non-hydrogen) atoms. The van der Waals surface area contributed by atoms with Crippen LogP contribution >= 0.6 is 11.6 Å². The number of rotatable bonds is 4. The fraction of sp³-hybridized carbons (Fsp3) is 0.333. The molecular weight excluding hydrogens is 410 g/mol. The Kier molecular flexibility index (Phi) is 7.56. The second-order valence-corrected chi connectivity index (χ2v) is 7.91. The van der Waals surface area contributed by atoms with Crippen LogP contribution in [0.4, 0.5) is 0 Å². The number of fused-ring (bicyclic) bond motifs is 1. The maximum Gasteiger partial charge on any atom is 0.223 e. The van der Waals surface area contributed by atoms with Crippen LogP contribution in [0, 0.1) is 19.3 Å². The van der Waals surface area contributed by atoms with Gasteiger partial charge in [0.25, 0.3) is 0 Å². The molecule has 0 saturated carbocycles. The van der Waals surface area contributed by atoms with E-state index < -0.39 is 0 Å². The van der Waals surface area contributed by atoms with Crippen molar-refractivity contribution in [3.8, 4) is 23.7 Å². The number of hydrogen-bond acceptors (Lipinski definition) is 3. The minimum Gasteiger partial charge on any atom is -0.353 e. The van der Waals surface area contributed by atoms with Crippen LogP contribution in [0.5, 0.6) is 0 Å². The highest BCUT2D eigenvalue weighted by Gasteiger charge is 2.18. The number of amides is 1. The summed E-state index contributed by atoms with van der Waals surface area (Å²) >= 11 is 5.07. The van der Waals surface area contributed by atoms with Gasteiger partial charge < -0.3 is 9.88 Å². The summed E-state index contributed by atoms with van der Waals surface area (Å²) in [6.45, 7) is 8.66. The lowest BCUT2D eigenvalue weighted by atomic mass is 10.1. The van der Waals surface area contributed by atoms with Gasteiger partial charge in [-0.15, -0.1) is 24.6 Å². The quantitative estimate of drug-likeness (QED) is 0.369. The summed E-state index contributed by atoms with van der Waals surface area (Å²) in [5.41, 5.74) is 5.82. The van der Waals surface area contributed by atoms with Crippen molar-refractivity contribution in [2.45, 2.75) is 19.9 Å². The Morgan fingerprint density at radius 3 is 2.77 bits per heavy atom. The molecule has 2 aromatic heterocycles. The van der Waals surface area contributed by atoms with Gasteiger partial charge in [-0.25, -0.2) is 0 Å². The topological polar surface area (TPSA) is 68.0 Å². The highest BCUT2D eigenvalue weighted by molar-refractivity contribution is 6.18. The summed E-state index contributed by atoms with van der Waals surface area (Å²) in [5.74, 6) is 3.40. The maximum absolute atomic E-state index is 11.8. The van der Waals surface area contributed by atoms with Crippen molar-refractivity contribution < 1.29 is 4.79 Å². The molecule has 7 heteroatoms. The third kappa shape index (κ3) is 5.38. The summed E-state index contributed by atoms with van der Waals surface area (Å²) in [6, 6.07) is 8.56. The third-order valence-corrected chi connectivity index (χ3v) is 5.65. The SMILES string of the molecule is C#Cc1[nH]nc(-c2cc3cc(CN4CCC(=O)N(C)CC4)ccc3[nH]2)c1C.C=CCCl. The van der Waals surface area contributed by atoms with Crippen LogP contribution < -0.4 is 0 Å². The van der Waals surface area contributed by atoms with Crippen LogP contribution in [0.25, 0.3) is 22.3 Å². The van der Waals surface area contributed by atoms with Crippen molar-refractivity contribution in [2.24, 2.45) is 0 Å². The zero-order valence-electron chi connectivity index (χ0n) is 18.0. The van der Waals surface area contributed by atoms with Gasteiger partial charge in [0.1, 0.15) is 11.4 Å². The molecule has 1 aromatic carbocycles. The summed E-state index contributed by atoms with van der Waals surface area (Å²) in [5, 5.41) is 8.40. The van der Waals surface area contributed by atoms with Gasteiger partial charge in [-0.05, 0) is 30.7 Å². The lowest BCUT2D eigenvalue weighted by Gasteiger charge is -2.19. The molecule has 162 valence electrons. The van der Waals surface area contributed by atoms with Gasteiger partial charge in [-0.2, -0.15) is 5.10 Å². The van der Waals surface area contributed by atoms with E-state index >= 15 is 0 Å². The number of terminal acetylenes is 1. The van der Waals surface area contributed by atoms with Crippen molar-refractivity contribution in [3.05, 3.63) is 53.7 Å². The fourth-order valence-electron chi connectivity index (χ4n) is 3.60. The molecule has 0 atom stereocenters. The first-order valence-electron chi connectivity index (χ1n) is 10.2. The number of nitrogens with zero attached hydrogens (tertiary/aromatic N) is 3. The number of alkyl halides is 1. The molecular formula is C24H28ClN5O. The number of likely N-dealkylation sites (N-methyl/N-ethyl adjacent to an activating group) is 1. The van der Waals surface area contributed by atoms with E-state index in [9.17, 15) is 4.79 Å². The molecule has 0 unspecified atom stereocenters. The number of aromatic amines is 2. The third-order valence-electron chi connectivity index (χ3n) is 5.43. The van der Waals surface area contributed by atoms with Crippen LogP contribution in [0.15, 0.2) is 36.9 Å². The predicted octanol–water partition coefficient (Wildman–Crippen LogP) is 3.92. The fourth-order valence-corrected chi connectivity index (χ4v) is 3.60. The molecule has 3 aromatic rings. The number of allylic oxidation sites excluding steroid dienone is 1. The van der Waals surface area contributed by atoms with Crippen molar-refractivity contribution in [3.63, 3.8) is 0 Å². The lowest BCUT2D eigenvalue weighted by molar-refractivity contribution is -0.129. The molecule has 0 radical (unpaired) electrons. The molecule has 1 aliphatic heterocycles. The van der Waals surface area contributed by atoms with Gasteiger partial charge in [-0.1, -0.05) is 18.1 Å². The average Bonchev–Trinajstić information content (AvgIpc) is 3.32. The highest BCUT2D eigenvalue weighted by Crippen LogP contribution is 2.27. The number of nitrogens with one attached hydrogen (secondary N) is 2. The van der Waals surface area contributed by atoms with Crippen molar-refractivity contribution >= 4 is 28.4 Å². The van der Waals surface area contributed by atoms with Crippen molar-refractivity contribution in [2.75, 3.05) is 32.6 Å². The number of aromatic nitrogens is 3. The molecule has 1 saturated heterocycles. The van der Waals surface area contributed by atoms with Gasteiger partial charge in [0.05, 0.1) is 5.69 Å². The van der Waals surface area contributed by atoms with E-state index in [1.165, 1.54) is 5.56 Å². The minimum absolute atomic E-state index is 0.226. The van der Waals surface area contributed by atoms with E-state index in [4.69, 9.17) is 18.0 Å². The summed E-state index contributed by atoms with van der Waals surface area (Å²) in [7, 11) is 1.88. The lowest BCUT2D eigenvalue weighted by Crippen LogP contribution is -2.29. The standard InChI is InChI=1S/C21H23N5O.C3H5Cl/c1-4-17-14(2)21(24-23-17)19-12-16-11-15(5-6-18(16)22-19)13-26-8-7-20(27)25(3)9-10-26;1-2-3-4/h1,5-6,11-12,22H,7-10,13H2,2-3H3,(H,23,24);2H,1,3H2. The first kappa shape index (κ1) is 22.7. The first-order valence-corrected chi connectivity index (χ1v) is 10.8. The van der Waals surface area contributed by atoms with Crippen molar-refractivity contribution in [1.29, 1.82) is 0 Å². The van der Waals surface area contributed by atoms with Gasteiger partial charge in [0, 0.05) is 62.0 Å². The molecule has 1 fully saturated rings. The molecule has 4 rings (SSSR count). The van der Waals surface area contributed by atoms with Crippen LogP contribution in [0.2, 0.25) is 0 Å². The van der Waals surface area contributed by atoms with Crippen LogP contribution in [0.3, 0.4) is 0 Å². The summed E-state index contributed by atoms with van der Waals surface area (Å²) in [4.78, 5) is 19.4. The summed E-state index contributed by atoms with van der Waals surface area (Å²) < 4.78 is 0. The van der Waals surface area contributed by atoms with Gasteiger partial charge in [0.15, 0.2) is 0 Å². The monoisotopic (exact) mass is 437 g/mol. The minimum atomic E-state index is 0.226. The molecule has 0 spiro atoms.